The molecule has 0 aromatic heterocycles. The van der Waals surface area contributed by atoms with Crippen molar-refractivity contribution in [1.82, 2.24) is 0 Å². The largest absolute Gasteiger partial charge is 0.508 e. The summed E-state index contributed by atoms with van der Waals surface area (Å²) in [7, 11) is 0. The predicted molar refractivity (Wildman–Crippen MR) is 304 cm³/mol. The molecule has 2 nitrogen and oxygen atoms in total. The van der Waals surface area contributed by atoms with Crippen molar-refractivity contribution in [3.05, 3.63) is 270 Å². The number of aliphatic hydroxyl groups excluding tert-OH is 1. The number of hydrogen-bond acceptors (Lipinski definition) is 2. The first-order valence-corrected chi connectivity index (χ1v) is 24.3. The van der Waals surface area contributed by atoms with Gasteiger partial charge in [0.1, 0.15) is 5.76 Å². The van der Waals surface area contributed by atoms with Crippen LogP contribution in [0.3, 0.4) is 0 Å². The molecule has 0 saturated carbocycles. The molecule has 0 atom stereocenters. The van der Waals surface area contributed by atoms with E-state index in [0.29, 0.717) is 5.76 Å². The van der Waals surface area contributed by atoms with E-state index in [0.717, 1.165) is 29.7 Å². The molecule has 0 unspecified atom stereocenters. The molecule has 69 heavy (non-hydrogen) atoms. The SMILES string of the molecule is C(=Cc1ccccc1)c1ccccc1.C=CC=C.CC.CC.CC1(C)c2cc(N)ccc2-c2ccc(-c3cc4ccccc4c4c3CC=C4)cc21.OC1=C(c2cccc(-c3ccccc3)c2)CC=C1. The molecule has 3 aliphatic rings. The molecular formula is C67H67NO. The van der Waals surface area contributed by atoms with Crippen molar-refractivity contribution >= 4 is 40.3 Å². The third kappa shape index (κ3) is 12.2. The van der Waals surface area contributed by atoms with E-state index in [-0.39, 0.29) is 5.41 Å². The average Bonchev–Trinajstić information content (AvgIpc) is 4.15. The molecule has 0 heterocycles. The van der Waals surface area contributed by atoms with Crippen molar-refractivity contribution in [3.8, 4) is 33.4 Å². The van der Waals surface area contributed by atoms with E-state index in [1.54, 1.807) is 18.2 Å². The van der Waals surface area contributed by atoms with Crippen LogP contribution in [0.15, 0.2) is 231 Å². The zero-order valence-corrected chi connectivity index (χ0v) is 41.3. The Morgan fingerprint density at radius 3 is 1.64 bits per heavy atom. The molecule has 2 heteroatoms. The van der Waals surface area contributed by atoms with Gasteiger partial charge >= 0.3 is 0 Å². The minimum absolute atomic E-state index is 0.0473. The number of fused-ring (bicyclic) bond motifs is 6. The van der Waals surface area contributed by atoms with Gasteiger partial charge in [-0.25, -0.2) is 0 Å². The third-order valence-electron chi connectivity index (χ3n) is 12.3. The fourth-order valence-electron chi connectivity index (χ4n) is 8.90. The maximum absolute atomic E-state index is 9.80. The van der Waals surface area contributed by atoms with Crippen LogP contribution in [0.1, 0.15) is 86.9 Å². The number of hydrogen-bond donors (Lipinski definition) is 2. The second-order valence-electron chi connectivity index (χ2n) is 16.9. The van der Waals surface area contributed by atoms with Crippen LogP contribution in [0.2, 0.25) is 0 Å². The van der Waals surface area contributed by atoms with Gasteiger partial charge in [-0.15, -0.1) is 0 Å². The molecule has 346 valence electrons. The van der Waals surface area contributed by atoms with E-state index < -0.39 is 0 Å². The maximum atomic E-state index is 9.80. The summed E-state index contributed by atoms with van der Waals surface area (Å²) < 4.78 is 0. The highest BCUT2D eigenvalue weighted by atomic mass is 16.3. The number of nitrogen functional groups attached to an aromatic ring is 1. The molecule has 3 N–H and O–H groups in total. The van der Waals surface area contributed by atoms with Crippen LogP contribution >= 0.6 is 0 Å². The normalized spacial score (nSPS) is 12.8. The number of allylic oxidation sites excluding steroid dienone is 6. The summed E-state index contributed by atoms with van der Waals surface area (Å²) in [6.45, 7) is 19.3. The maximum Gasteiger partial charge on any atom is 0.119 e. The van der Waals surface area contributed by atoms with Crippen molar-refractivity contribution in [2.24, 2.45) is 0 Å². The van der Waals surface area contributed by atoms with Gasteiger partial charge in [0.05, 0.1) is 0 Å². The van der Waals surface area contributed by atoms with Crippen LogP contribution in [-0.2, 0) is 11.8 Å². The van der Waals surface area contributed by atoms with Crippen LogP contribution in [0.4, 0.5) is 5.69 Å². The van der Waals surface area contributed by atoms with E-state index in [1.807, 2.05) is 107 Å². The van der Waals surface area contributed by atoms with Crippen molar-refractivity contribution in [3.63, 3.8) is 0 Å². The first-order chi connectivity index (χ1) is 33.7. The van der Waals surface area contributed by atoms with Gasteiger partial charge in [0.15, 0.2) is 0 Å². The highest BCUT2D eigenvalue weighted by Gasteiger charge is 2.36. The first-order valence-electron chi connectivity index (χ1n) is 24.3. The summed E-state index contributed by atoms with van der Waals surface area (Å²) in [5, 5.41) is 12.5. The number of rotatable bonds is 6. The summed E-state index contributed by atoms with van der Waals surface area (Å²) in [5.41, 5.74) is 24.7. The van der Waals surface area contributed by atoms with E-state index in [9.17, 15) is 5.11 Å². The second-order valence-corrected chi connectivity index (χ2v) is 16.9. The van der Waals surface area contributed by atoms with Gasteiger partial charge in [0, 0.05) is 16.7 Å². The molecule has 8 aromatic rings. The van der Waals surface area contributed by atoms with E-state index in [1.165, 1.54) is 77.5 Å². The lowest BCUT2D eigenvalue weighted by atomic mass is 9.81. The fourth-order valence-corrected chi connectivity index (χ4v) is 8.90. The second kappa shape index (κ2) is 24.7. The van der Waals surface area contributed by atoms with Crippen molar-refractivity contribution in [2.75, 3.05) is 5.73 Å². The number of aliphatic hydroxyl groups is 1. The summed E-state index contributed by atoms with van der Waals surface area (Å²) in [6.07, 6.45) is 17.7. The van der Waals surface area contributed by atoms with Gasteiger partial charge in [0.25, 0.3) is 0 Å². The molecule has 8 aromatic carbocycles. The highest BCUT2D eigenvalue weighted by Crippen LogP contribution is 2.51. The molecule has 0 amide bonds. The fraction of sp³-hybridized carbons (Fsp3) is 0.134. The van der Waals surface area contributed by atoms with Crippen molar-refractivity contribution < 1.29 is 5.11 Å². The van der Waals surface area contributed by atoms with E-state index in [2.05, 4.69) is 161 Å². The zero-order chi connectivity index (χ0) is 49.2. The molecule has 0 bridgehead atoms. The molecule has 3 aliphatic carbocycles. The topological polar surface area (TPSA) is 46.2 Å². The molecule has 0 aliphatic heterocycles. The summed E-state index contributed by atoms with van der Waals surface area (Å²) in [5.74, 6) is 0.389. The Hall–Kier alpha value is -7.94. The van der Waals surface area contributed by atoms with Crippen LogP contribution in [0.25, 0.3) is 68.0 Å². The minimum Gasteiger partial charge on any atom is -0.508 e. The molecule has 0 saturated heterocycles. The lowest BCUT2D eigenvalue weighted by Crippen LogP contribution is -2.15. The van der Waals surface area contributed by atoms with Crippen LogP contribution in [0.5, 0.6) is 0 Å². The Bertz CT molecular complexity index is 3040. The number of benzene rings is 8. The van der Waals surface area contributed by atoms with Crippen molar-refractivity contribution in [2.45, 2.75) is 59.8 Å². The Balaban J connectivity index is 0.000000168. The van der Waals surface area contributed by atoms with Crippen LogP contribution in [0, 0.1) is 0 Å². The highest BCUT2D eigenvalue weighted by molar-refractivity contribution is 5.99. The molecule has 11 rings (SSSR count). The van der Waals surface area contributed by atoms with Gasteiger partial charge in [0.2, 0.25) is 0 Å². The number of anilines is 1. The molecular weight excluding hydrogens is 835 g/mol. The monoisotopic (exact) mass is 902 g/mol. The number of nitrogens with two attached hydrogens (primary N) is 1. The molecule has 0 spiro atoms. The summed E-state index contributed by atoms with van der Waals surface area (Å²) in [4.78, 5) is 0. The van der Waals surface area contributed by atoms with Gasteiger partial charge in [-0.05, 0) is 132 Å². The quantitative estimate of drug-likeness (QED) is 0.0992. The Labute approximate surface area is 412 Å². The smallest absolute Gasteiger partial charge is 0.119 e. The zero-order valence-electron chi connectivity index (χ0n) is 41.3. The third-order valence-corrected chi connectivity index (χ3v) is 12.3. The Morgan fingerprint density at radius 1 is 0.493 bits per heavy atom. The van der Waals surface area contributed by atoms with E-state index >= 15 is 0 Å². The van der Waals surface area contributed by atoms with Crippen LogP contribution < -0.4 is 5.73 Å². The first kappa shape index (κ1) is 50.5. The van der Waals surface area contributed by atoms with Crippen LogP contribution in [-0.4, -0.2) is 5.11 Å². The Kier molecular flexibility index (Phi) is 18.1. The summed E-state index contributed by atoms with van der Waals surface area (Å²) in [6, 6.07) is 63.7. The van der Waals surface area contributed by atoms with Crippen molar-refractivity contribution in [1.29, 1.82) is 0 Å². The average molecular weight is 902 g/mol. The Morgan fingerprint density at radius 2 is 1.03 bits per heavy atom. The van der Waals surface area contributed by atoms with E-state index in [4.69, 9.17) is 5.73 Å². The predicted octanol–water partition coefficient (Wildman–Crippen LogP) is 18.8. The lowest BCUT2D eigenvalue weighted by molar-refractivity contribution is 0.436. The lowest BCUT2D eigenvalue weighted by Gasteiger charge is -2.22. The van der Waals surface area contributed by atoms with Gasteiger partial charge in [-0.2, -0.15) is 0 Å². The molecule has 0 radical (unpaired) electrons. The minimum atomic E-state index is -0.0473. The molecule has 0 fully saturated rings. The van der Waals surface area contributed by atoms with Gasteiger partial charge in [-0.1, -0.05) is 249 Å². The summed E-state index contributed by atoms with van der Waals surface area (Å²) >= 11 is 0. The standard InChI is InChI=1S/C28H23N.C17H14O.C14H12.C4H6.2C2H6/c1-28(2)26-15-18(10-12-23(26)24-13-11-19(29)16-27(24)28)25-14-17-6-3-4-7-20(17)21-8-5-9-22(21)25;18-17-11-5-10-16(17)15-9-4-8-14(12-15)13-6-2-1-3-7-13;1-3-7-13(8-4-1)11-12-14-9-5-2-6-10-14;1-3-4-2;2*1-2/h3-8,10-16H,9,29H2,1-2H3;1-9,11-12,18H,10H2;1-12H;3-4H,1-2H2;2*1-2H3. The van der Waals surface area contributed by atoms with Gasteiger partial charge in [-0.3, -0.25) is 0 Å². The van der Waals surface area contributed by atoms with Gasteiger partial charge < -0.3 is 10.8 Å².